The molecule has 2 rings (SSSR count). The number of nitrogens with zero attached hydrogens (tertiary/aromatic N) is 2. The summed E-state index contributed by atoms with van der Waals surface area (Å²) in [5, 5.41) is 14.8. The molecule has 1 unspecified atom stereocenters. The summed E-state index contributed by atoms with van der Waals surface area (Å²) in [5.74, 6) is -0.278. The molecule has 1 aliphatic rings. The molecule has 0 aromatic carbocycles. The Morgan fingerprint density at radius 3 is 3.00 bits per heavy atom. The lowest BCUT2D eigenvalue weighted by Crippen LogP contribution is -2.37. The van der Waals surface area contributed by atoms with Crippen LogP contribution in [0.3, 0.4) is 0 Å². The zero-order chi connectivity index (χ0) is 13.7. The molecule has 0 bridgehead atoms. The maximum atomic E-state index is 11.8. The van der Waals surface area contributed by atoms with Crippen LogP contribution < -0.4 is 10.6 Å². The minimum Gasteiger partial charge on any atom is -0.344 e. The summed E-state index contributed by atoms with van der Waals surface area (Å²) >= 11 is 1.40. The predicted octanol–water partition coefficient (Wildman–Crippen LogP) is 1.49. The van der Waals surface area contributed by atoms with Gasteiger partial charge in [0.25, 0.3) is 0 Å². The van der Waals surface area contributed by atoms with Crippen LogP contribution in [0.25, 0.3) is 0 Å². The number of anilines is 1. The molecule has 0 aliphatic carbocycles. The Kier molecular flexibility index (Phi) is 4.84. The van der Waals surface area contributed by atoms with Gasteiger partial charge in [0.15, 0.2) is 0 Å². The number of hydrogen-bond acceptors (Lipinski definition) is 5. The zero-order valence-electron chi connectivity index (χ0n) is 10.9. The van der Waals surface area contributed by atoms with E-state index in [1.165, 1.54) is 24.2 Å². The average molecular weight is 282 g/mol. The lowest BCUT2D eigenvalue weighted by Gasteiger charge is -2.07. The lowest BCUT2D eigenvalue weighted by atomic mass is 10.2. The van der Waals surface area contributed by atoms with Gasteiger partial charge in [0.05, 0.1) is 0 Å². The second-order valence-electron chi connectivity index (χ2n) is 4.61. The second kappa shape index (κ2) is 6.60. The van der Waals surface area contributed by atoms with Crippen molar-refractivity contribution in [2.24, 2.45) is 0 Å². The highest BCUT2D eigenvalue weighted by atomic mass is 32.1. The Balaban J connectivity index is 1.82. The third kappa shape index (κ3) is 3.99. The summed E-state index contributed by atoms with van der Waals surface area (Å²) in [4.78, 5) is 22.9. The van der Waals surface area contributed by atoms with Crippen LogP contribution in [0, 0.1) is 0 Å². The molecule has 2 amide bonds. The Morgan fingerprint density at radius 1 is 1.47 bits per heavy atom. The van der Waals surface area contributed by atoms with Crippen molar-refractivity contribution in [2.45, 2.75) is 51.5 Å². The standard InChI is InChI=1S/C12H18N4O2S/c1-2-3-4-5-10-15-16-12(19-10)14-11(18)8-6-7-9(17)13-8/h8H,2-7H2,1H3,(H,13,17)(H,14,16,18). The van der Waals surface area contributed by atoms with E-state index >= 15 is 0 Å². The smallest absolute Gasteiger partial charge is 0.248 e. The van der Waals surface area contributed by atoms with Crippen LogP contribution in [0.4, 0.5) is 5.13 Å². The SMILES string of the molecule is CCCCCc1nnc(NC(=O)C2CCC(=O)N2)s1. The van der Waals surface area contributed by atoms with Crippen molar-refractivity contribution in [3.63, 3.8) is 0 Å². The normalized spacial score (nSPS) is 18.4. The summed E-state index contributed by atoms with van der Waals surface area (Å²) < 4.78 is 0. The van der Waals surface area contributed by atoms with Crippen molar-refractivity contribution in [1.82, 2.24) is 15.5 Å². The highest BCUT2D eigenvalue weighted by molar-refractivity contribution is 7.15. The van der Waals surface area contributed by atoms with Crippen LogP contribution in [0.1, 0.15) is 44.0 Å². The van der Waals surface area contributed by atoms with E-state index in [4.69, 9.17) is 0 Å². The van der Waals surface area contributed by atoms with Crippen molar-refractivity contribution >= 4 is 28.3 Å². The molecular weight excluding hydrogens is 264 g/mol. The molecule has 0 spiro atoms. The van der Waals surface area contributed by atoms with E-state index in [9.17, 15) is 9.59 Å². The average Bonchev–Trinajstić information content (AvgIpc) is 2.99. The number of rotatable bonds is 6. The number of carbonyl (C=O) groups is 2. The van der Waals surface area contributed by atoms with E-state index in [1.54, 1.807) is 0 Å². The quantitative estimate of drug-likeness (QED) is 0.774. The van der Waals surface area contributed by atoms with Crippen molar-refractivity contribution in [2.75, 3.05) is 5.32 Å². The van der Waals surface area contributed by atoms with Crippen molar-refractivity contribution in [3.8, 4) is 0 Å². The van der Waals surface area contributed by atoms with Crippen molar-refractivity contribution < 1.29 is 9.59 Å². The molecule has 0 radical (unpaired) electrons. The number of hydrogen-bond donors (Lipinski definition) is 2. The van der Waals surface area contributed by atoms with E-state index in [0.717, 1.165) is 17.8 Å². The highest BCUT2D eigenvalue weighted by Gasteiger charge is 2.27. The molecule has 6 nitrogen and oxygen atoms in total. The van der Waals surface area contributed by atoms with Crippen LogP contribution in [0.5, 0.6) is 0 Å². The fourth-order valence-electron chi connectivity index (χ4n) is 1.93. The molecule has 1 aromatic heterocycles. The first kappa shape index (κ1) is 13.9. The number of carbonyl (C=O) groups excluding carboxylic acids is 2. The Labute approximate surface area is 116 Å². The van der Waals surface area contributed by atoms with Crippen LogP contribution >= 0.6 is 11.3 Å². The van der Waals surface area contributed by atoms with E-state index in [-0.39, 0.29) is 11.8 Å². The van der Waals surface area contributed by atoms with Crippen LogP contribution in [-0.4, -0.2) is 28.1 Å². The third-order valence-electron chi connectivity index (χ3n) is 3.00. The molecule has 1 fully saturated rings. The lowest BCUT2D eigenvalue weighted by molar-refractivity contribution is -0.122. The topological polar surface area (TPSA) is 84.0 Å². The second-order valence-corrected chi connectivity index (χ2v) is 5.67. The van der Waals surface area contributed by atoms with E-state index < -0.39 is 6.04 Å². The molecule has 104 valence electrons. The molecule has 19 heavy (non-hydrogen) atoms. The highest BCUT2D eigenvalue weighted by Crippen LogP contribution is 2.18. The van der Waals surface area contributed by atoms with Crippen molar-refractivity contribution in [3.05, 3.63) is 5.01 Å². The summed E-state index contributed by atoms with van der Waals surface area (Å²) in [5.41, 5.74) is 0. The number of aryl methyl sites for hydroxylation is 1. The summed E-state index contributed by atoms with van der Waals surface area (Å²) in [6.45, 7) is 2.15. The van der Waals surface area contributed by atoms with Gasteiger partial charge in [0, 0.05) is 12.8 Å². The fraction of sp³-hybridized carbons (Fsp3) is 0.667. The molecule has 2 heterocycles. The maximum absolute atomic E-state index is 11.8. The van der Waals surface area contributed by atoms with E-state index in [2.05, 4.69) is 27.8 Å². The first-order chi connectivity index (χ1) is 9.19. The molecular formula is C12H18N4O2S. The van der Waals surface area contributed by atoms with Gasteiger partial charge in [0.1, 0.15) is 11.0 Å². The minimum absolute atomic E-state index is 0.0716. The van der Waals surface area contributed by atoms with Gasteiger partial charge in [-0.3, -0.25) is 14.9 Å². The van der Waals surface area contributed by atoms with Gasteiger partial charge < -0.3 is 5.32 Å². The summed E-state index contributed by atoms with van der Waals surface area (Å²) in [7, 11) is 0. The first-order valence-electron chi connectivity index (χ1n) is 6.61. The van der Waals surface area contributed by atoms with Gasteiger partial charge in [-0.1, -0.05) is 31.1 Å². The molecule has 1 aliphatic heterocycles. The predicted molar refractivity (Wildman–Crippen MR) is 72.9 cm³/mol. The Hall–Kier alpha value is -1.50. The largest absolute Gasteiger partial charge is 0.344 e. The van der Waals surface area contributed by atoms with Crippen molar-refractivity contribution in [1.29, 1.82) is 0 Å². The van der Waals surface area contributed by atoms with E-state index in [1.807, 2.05) is 0 Å². The monoisotopic (exact) mass is 282 g/mol. The van der Waals surface area contributed by atoms with Crippen LogP contribution in [-0.2, 0) is 16.0 Å². The number of unbranched alkanes of at least 4 members (excludes halogenated alkanes) is 2. The number of amides is 2. The third-order valence-corrected chi connectivity index (χ3v) is 3.90. The summed E-state index contributed by atoms with van der Waals surface area (Å²) in [6.07, 6.45) is 5.31. The maximum Gasteiger partial charge on any atom is 0.248 e. The Bertz CT molecular complexity index is 460. The summed E-state index contributed by atoms with van der Waals surface area (Å²) in [6, 6.07) is -0.431. The first-order valence-corrected chi connectivity index (χ1v) is 7.43. The zero-order valence-corrected chi connectivity index (χ0v) is 11.8. The molecule has 1 atom stereocenters. The molecule has 1 saturated heterocycles. The van der Waals surface area contributed by atoms with Gasteiger partial charge in [-0.25, -0.2) is 0 Å². The van der Waals surface area contributed by atoms with E-state index in [0.29, 0.717) is 18.0 Å². The number of nitrogens with one attached hydrogen (secondary N) is 2. The fourth-order valence-corrected chi connectivity index (χ4v) is 2.72. The van der Waals surface area contributed by atoms with Gasteiger partial charge in [-0.15, -0.1) is 10.2 Å². The molecule has 1 aromatic rings. The molecule has 2 N–H and O–H groups in total. The van der Waals surface area contributed by atoms with Gasteiger partial charge in [-0.2, -0.15) is 0 Å². The van der Waals surface area contributed by atoms with Crippen LogP contribution in [0.2, 0.25) is 0 Å². The van der Waals surface area contributed by atoms with Gasteiger partial charge in [-0.05, 0) is 12.8 Å². The molecule has 0 saturated carbocycles. The Morgan fingerprint density at radius 2 is 2.32 bits per heavy atom. The minimum atomic E-state index is -0.431. The van der Waals surface area contributed by atoms with Gasteiger partial charge >= 0.3 is 0 Å². The van der Waals surface area contributed by atoms with Crippen LogP contribution in [0.15, 0.2) is 0 Å². The van der Waals surface area contributed by atoms with Gasteiger partial charge in [0.2, 0.25) is 16.9 Å². The molecule has 7 heteroatoms. The number of aromatic nitrogens is 2.